The van der Waals surface area contributed by atoms with Crippen LogP contribution in [0.5, 0.6) is 0 Å². The van der Waals surface area contributed by atoms with Gasteiger partial charge in [0.05, 0.1) is 22.1 Å². The highest BCUT2D eigenvalue weighted by Gasteiger charge is 2.69. The summed E-state index contributed by atoms with van der Waals surface area (Å²) >= 11 is 12.7. The lowest BCUT2D eigenvalue weighted by Crippen LogP contribution is -2.53. The van der Waals surface area contributed by atoms with E-state index in [0.29, 0.717) is 40.7 Å². The summed E-state index contributed by atoms with van der Waals surface area (Å²) in [5, 5.41) is 18.9. The third-order valence-electron chi connectivity index (χ3n) is 9.23. The molecule has 0 unspecified atom stereocenters. The molecule has 7 nitrogen and oxygen atoms in total. The number of fused-ring (bicyclic) bond motifs is 7. The molecule has 10 heteroatoms. The monoisotopic (exact) mass is 576 g/mol. The number of carboxylic acid groups (broad SMARTS) is 1. The highest BCUT2D eigenvalue weighted by Crippen LogP contribution is 2.64. The number of likely N-dealkylation sites (tertiary alicyclic amines) is 1. The summed E-state index contributed by atoms with van der Waals surface area (Å²) in [6.45, 7) is 0.696. The quantitative estimate of drug-likeness (QED) is 0.311. The second kappa shape index (κ2) is 8.28. The molecule has 40 heavy (non-hydrogen) atoms. The maximum absolute atomic E-state index is 16.0. The summed E-state index contributed by atoms with van der Waals surface area (Å²) in [6, 6.07) is 14.8. The largest absolute Gasteiger partial charge is 0.478 e. The molecule has 1 saturated carbocycles. The van der Waals surface area contributed by atoms with E-state index in [1.165, 1.54) is 6.07 Å². The molecule has 202 valence electrons. The molecule has 1 saturated heterocycles. The van der Waals surface area contributed by atoms with Crippen molar-refractivity contribution in [3.8, 4) is 0 Å². The van der Waals surface area contributed by atoms with Crippen LogP contribution in [0.4, 0.5) is 10.1 Å². The van der Waals surface area contributed by atoms with Crippen molar-refractivity contribution in [1.29, 1.82) is 0 Å². The number of hydrogen-bond donors (Lipinski definition) is 2. The van der Waals surface area contributed by atoms with Gasteiger partial charge in [-0.1, -0.05) is 47.5 Å². The smallest absolute Gasteiger partial charge is 0.335 e. The number of carbonyl (C=O) groups is 2. The number of nitrogens with zero attached hydrogens (tertiary/aromatic N) is 3. The molecule has 1 amide bonds. The Labute approximate surface area is 238 Å². The van der Waals surface area contributed by atoms with Crippen molar-refractivity contribution in [2.75, 3.05) is 11.9 Å². The Morgan fingerprint density at radius 1 is 1.15 bits per heavy atom. The molecule has 1 spiro atoms. The lowest BCUT2D eigenvalue weighted by molar-refractivity contribution is -0.128. The van der Waals surface area contributed by atoms with E-state index in [1.807, 2.05) is 10.7 Å². The summed E-state index contributed by atoms with van der Waals surface area (Å²) in [4.78, 5) is 28.3. The minimum Gasteiger partial charge on any atom is -0.478 e. The average Bonchev–Trinajstić information content (AvgIpc) is 3.37. The van der Waals surface area contributed by atoms with Crippen LogP contribution in [-0.2, 0) is 16.8 Å². The molecular weight excluding hydrogens is 554 g/mol. The van der Waals surface area contributed by atoms with Crippen LogP contribution < -0.4 is 5.32 Å². The van der Waals surface area contributed by atoms with Gasteiger partial charge in [0, 0.05) is 52.3 Å². The molecule has 8 rings (SSSR count). The molecule has 2 fully saturated rings. The van der Waals surface area contributed by atoms with E-state index in [0.717, 1.165) is 29.5 Å². The normalized spacial score (nSPS) is 26.8. The lowest BCUT2D eigenvalue weighted by Gasteiger charge is -2.40. The van der Waals surface area contributed by atoms with Crippen LogP contribution in [0.2, 0.25) is 10.0 Å². The van der Waals surface area contributed by atoms with Gasteiger partial charge in [-0.3, -0.25) is 14.4 Å². The Hall–Kier alpha value is -3.46. The zero-order valence-electron chi connectivity index (χ0n) is 21.1. The van der Waals surface area contributed by atoms with E-state index in [9.17, 15) is 14.7 Å². The van der Waals surface area contributed by atoms with Gasteiger partial charge in [0.1, 0.15) is 11.4 Å². The van der Waals surface area contributed by atoms with Gasteiger partial charge in [-0.15, -0.1) is 0 Å². The number of rotatable bonds is 4. The number of carbonyl (C=O) groups excluding carboxylic acids is 1. The van der Waals surface area contributed by atoms with E-state index in [1.54, 1.807) is 42.5 Å². The predicted molar refractivity (Wildman–Crippen MR) is 149 cm³/mol. The summed E-state index contributed by atoms with van der Waals surface area (Å²) in [7, 11) is 0. The maximum Gasteiger partial charge on any atom is 0.335 e. The first-order valence-electron chi connectivity index (χ1n) is 13.4. The molecular formula is C30H23Cl2FN4O3. The minimum atomic E-state index is -1.20. The number of anilines is 1. The number of benzene rings is 3. The molecule has 1 aromatic heterocycles. The molecule has 4 aliphatic rings. The third kappa shape index (κ3) is 3.12. The average molecular weight is 577 g/mol. The number of carboxylic acids is 1. The van der Waals surface area contributed by atoms with Crippen molar-refractivity contribution in [1.82, 2.24) is 14.7 Å². The second-order valence-corrected chi connectivity index (χ2v) is 12.2. The van der Waals surface area contributed by atoms with Crippen LogP contribution >= 0.6 is 23.2 Å². The molecule has 3 aromatic carbocycles. The van der Waals surface area contributed by atoms with Crippen LogP contribution in [0.15, 0.2) is 54.6 Å². The molecule has 1 aliphatic carbocycles. The second-order valence-electron chi connectivity index (χ2n) is 11.3. The van der Waals surface area contributed by atoms with E-state index < -0.39 is 29.3 Å². The van der Waals surface area contributed by atoms with E-state index in [4.69, 9.17) is 28.3 Å². The van der Waals surface area contributed by atoms with Crippen LogP contribution in [0.25, 0.3) is 10.9 Å². The van der Waals surface area contributed by atoms with E-state index in [-0.39, 0.29) is 22.5 Å². The van der Waals surface area contributed by atoms with Crippen molar-refractivity contribution in [3.05, 3.63) is 92.8 Å². The SMILES string of the molecule is O=C(O)c1ccc2c3n(nc2c1)[C@@H]1[C@H](C3)N(CC2CC2)[C@@]2(C(=O)Nc3cc(Cl)ccc32)[C@H]1c1cccc(Cl)c1F. The summed E-state index contributed by atoms with van der Waals surface area (Å²) in [6.07, 6.45) is 2.76. The molecule has 0 bridgehead atoms. The lowest BCUT2D eigenvalue weighted by atomic mass is 9.73. The summed E-state index contributed by atoms with van der Waals surface area (Å²) < 4.78 is 18.0. The topological polar surface area (TPSA) is 87.5 Å². The standard InChI is InChI=1S/C30H23Cl2FN4O3/c31-16-7-9-19-22(11-16)34-29(40)30(19)25(18-2-1-3-20(32)26(18)33)27-24(36(30)13-14-4-5-14)12-23-17-8-6-15(28(38)39)10-21(17)35-37(23)27/h1-3,6-11,14,24-25,27H,4-5,12-13H2,(H,34,40)(H,38,39)/t24-,25-,27+,30+/m0/s1. The van der Waals surface area contributed by atoms with Crippen molar-refractivity contribution < 1.29 is 19.1 Å². The first-order chi connectivity index (χ1) is 19.3. The maximum atomic E-state index is 16.0. The van der Waals surface area contributed by atoms with Gasteiger partial charge in [0.15, 0.2) is 0 Å². The van der Waals surface area contributed by atoms with Crippen LogP contribution in [0.3, 0.4) is 0 Å². The highest BCUT2D eigenvalue weighted by atomic mass is 35.5. The fourth-order valence-electron chi connectivity index (χ4n) is 7.48. The predicted octanol–water partition coefficient (Wildman–Crippen LogP) is 6.00. The highest BCUT2D eigenvalue weighted by molar-refractivity contribution is 6.31. The van der Waals surface area contributed by atoms with E-state index >= 15 is 4.39 Å². The van der Waals surface area contributed by atoms with Gasteiger partial charge in [0.2, 0.25) is 5.91 Å². The Bertz CT molecular complexity index is 1790. The van der Waals surface area contributed by atoms with Gasteiger partial charge in [-0.2, -0.15) is 5.10 Å². The van der Waals surface area contributed by atoms with Gasteiger partial charge in [0.25, 0.3) is 0 Å². The molecule has 4 heterocycles. The fourth-order valence-corrected chi connectivity index (χ4v) is 7.84. The van der Waals surface area contributed by atoms with Gasteiger partial charge < -0.3 is 10.4 Å². The molecule has 4 aromatic rings. The van der Waals surface area contributed by atoms with Gasteiger partial charge in [-0.25, -0.2) is 9.18 Å². The van der Waals surface area contributed by atoms with Crippen LogP contribution in [0, 0.1) is 11.7 Å². The third-order valence-corrected chi connectivity index (χ3v) is 9.75. The Balaban J connectivity index is 1.42. The number of halogens is 3. The number of hydrogen-bond acceptors (Lipinski definition) is 4. The summed E-state index contributed by atoms with van der Waals surface area (Å²) in [5.74, 6) is -2.00. The minimum absolute atomic E-state index is 0.00507. The van der Waals surface area contributed by atoms with Crippen molar-refractivity contribution in [2.45, 2.75) is 42.8 Å². The molecule has 4 atom stereocenters. The fraction of sp³-hybridized carbons (Fsp3) is 0.300. The van der Waals surface area contributed by atoms with Crippen molar-refractivity contribution in [3.63, 3.8) is 0 Å². The Morgan fingerprint density at radius 2 is 1.98 bits per heavy atom. The molecule has 0 radical (unpaired) electrons. The number of aromatic nitrogens is 2. The Morgan fingerprint density at radius 3 is 2.75 bits per heavy atom. The molecule has 2 N–H and O–H groups in total. The zero-order chi connectivity index (χ0) is 27.5. The van der Waals surface area contributed by atoms with Crippen molar-refractivity contribution >= 4 is 51.7 Å². The van der Waals surface area contributed by atoms with Gasteiger partial charge in [-0.05, 0) is 54.7 Å². The van der Waals surface area contributed by atoms with Crippen molar-refractivity contribution in [2.24, 2.45) is 5.92 Å². The van der Waals surface area contributed by atoms with Crippen LogP contribution in [-0.4, -0.2) is 44.3 Å². The number of amides is 1. The van der Waals surface area contributed by atoms with E-state index in [2.05, 4.69) is 10.2 Å². The molecule has 3 aliphatic heterocycles. The summed E-state index contributed by atoms with van der Waals surface area (Å²) in [5.41, 5.74) is 2.23. The first-order valence-corrected chi connectivity index (χ1v) is 14.1. The van der Waals surface area contributed by atoms with Gasteiger partial charge >= 0.3 is 5.97 Å². The Kier molecular flexibility index (Phi) is 5.04. The number of nitrogens with one attached hydrogen (secondary N) is 1. The zero-order valence-corrected chi connectivity index (χ0v) is 22.6. The van der Waals surface area contributed by atoms with Crippen LogP contribution in [0.1, 0.15) is 52.0 Å². The number of aromatic carboxylic acids is 1. The first kappa shape index (κ1) is 24.3.